The molecule has 3 N–H and O–H groups in total. The molecule has 1 aliphatic heterocycles. The molecule has 0 spiro atoms. The Morgan fingerprint density at radius 2 is 2.05 bits per heavy atom. The van der Waals surface area contributed by atoms with Gasteiger partial charge >= 0.3 is 6.03 Å². The van der Waals surface area contributed by atoms with Gasteiger partial charge in [-0.15, -0.1) is 0 Å². The minimum absolute atomic E-state index is 0.0657. The number of para-hydroxylation sites is 1. The number of carbonyl (C=O) groups is 2. The lowest BCUT2D eigenvalue weighted by atomic mass is 9.93. The number of hydrogen-bond donors (Lipinski definition) is 3. The second-order valence-corrected chi connectivity index (χ2v) is 5.68. The third-order valence-electron chi connectivity index (χ3n) is 3.97. The van der Waals surface area contributed by atoms with Crippen LogP contribution in [0.5, 0.6) is 0 Å². The van der Waals surface area contributed by atoms with E-state index >= 15 is 0 Å². The molecule has 1 saturated heterocycles. The molecule has 1 aromatic carbocycles. The number of rotatable bonds is 5. The van der Waals surface area contributed by atoms with Gasteiger partial charge in [-0.3, -0.25) is 10.0 Å². The average molecular weight is 305 g/mol. The highest BCUT2D eigenvalue weighted by molar-refractivity contribution is 5.89. The second kappa shape index (κ2) is 8.38. The Hall–Kier alpha value is -2.08. The van der Waals surface area contributed by atoms with Crippen LogP contribution in [0.25, 0.3) is 0 Å². The van der Waals surface area contributed by atoms with Gasteiger partial charge in [-0.2, -0.15) is 0 Å². The van der Waals surface area contributed by atoms with Crippen LogP contribution in [0.3, 0.4) is 0 Å². The van der Waals surface area contributed by atoms with Crippen molar-refractivity contribution in [2.75, 3.05) is 18.4 Å². The number of nitrogens with zero attached hydrogens (tertiary/aromatic N) is 1. The Morgan fingerprint density at radius 1 is 1.27 bits per heavy atom. The summed E-state index contributed by atoms with van der Waals surface area (Å²) >= 11 is 0. The van der Waals surface area contributed by atoms with E-state index in [0.717, 1.165) is 44.5 Å². The molecule has 1 unspecified atom stereocenters. The lowest BCUT2D eigenvalue weighted by Crippen LogP contribution is -2.42. The molecule has 120 valence electrons. The van der Waals surface area contributed by atoms with Gasteiger partial charge in [0.1, 0.15) is 0 Å². The minimum Gasteiger partial charge on any atom is -0.324 e. The minimum atomic E-state index is -0.352. The lowest BCUT2D eigenvalue weighted by Gasteiger charge is -2.32. The summed E-state index contributed by atoms with van der Waals surface area (Å²) in [6.45, 7) is 1.49. The third-order valence-corrected chi connectivity index (χ3v) is 3.97. The molecular formula is C16H23N3O3. The summed E-state index contributed by atoms with van der Waals surface area (Å²) < 4.78 is 0. The largest absolute Gasteiger partial charge is 0.324 e. The van der Waals surface area contributed by atoms with Gasteiger partial charge in [0.05, 0.1) is 0 Å². The van der Waals surface area contributed by atoms with E-state index in [1.165, 1.54) is 0 Å². The van der Waals surface area contributed by atoms with E-state index in [1.54, 1.807) is 5.48 Å². The molecule has 2 rings (SSSR count). The molecule has 6 heteroatoms. The zero-order valence-corrected chi connectivity index (χ0v) is 12.6. The molecular weight excluding hydrogens is 282 g/mol. The number of piperidine rings is 1. The number of amides is 3. The van der Waals surface area contributed by atoms with Gasteiger partial charge in [0.25, 0.3) is 0 Å². The molecule has 0 aliphatic carbocycles. The van der Waals surface area contributed by atoms with Crippen LogP contribution in [-0.4, -0.2) is 35.1 Å². The van der Waals surface area contributed by atoms with Crippen LogP contribution in [0.2, 0.25) is 0 Å². The number of carbonyl (C=O) groups excluding carboxylic acids is 2. The zero-order chi connectivity index (χ0) is 15.8. The smallest absolute Gasteiger partial charge is 0.321 e. The first kappa shape index (κ1) is 16.3. The molecule has 0 aromatic heterocycles. The molecule has 1 fully saturated rings. The number of benzene rings is 1. The van der Waals surface area contributed by atoms with Gasteiger partial charge in [0, 0.05) is 25.2 Å². The van der Waals surface area contributed by atoms with E-state index in [1.807, 2.05) is 35.2 Å². The molecule has 6 nitrogen and oxygen atoms in total. The Balaban J connectivity index is 1.77. The summed E-state index contributed by atoms with van der Waals surface area (Å²) in [5.74, 6) is 0.0660. The van der Waals surface area contributed by atoms with Crippen molar-refractivity contribution in [3.8, 4) is 0 Å². The highest BCUT2D eigenvalue weighted by Gasteiger charge is 2.23. The molecule has 3 amide bonds. The maximum Gasteiger partial charge on any atom is 0.321 e. The fourth-order valence-electron chi connectivity index (χ4n) is 2.82. The Morgan fingerprint density at radius 3 is 2.77 bits per heavy atom. The van der Waals surface area contributed by atoms with Crippen molar-refractivity contribution >= 4 is 17.6 Å². The highest BCUT2D eigenvalue weighted by Crippen LogP contribution is 2.22. The van der Waals surface area contributed by atoms with Crippen molar-refractivity contribution in [2.24, 2.45) is 5.92 Å². The summed E-state index contributed by atoms with van der Waals surface area (Å²) in [4.78, 5) is 25.1. The molecule has 0 radical (unpaired) electrons. The number of hydrogen-bond acceptors (Lipinski definition) is 3. The number of hydroxylamine groups is 1. The quantitative estimate of drug-likeness (QED) is 0.577. The van der Waals surface area contributed by atoms with E-state index in [0.29, 0.717) is 12.3 Å². The van der Waals surface area contributed by atoms with Crippen molar-refractivity contribution in [3.63, 3.8) is 0 Å². The van der Waals surface area contributed by atoms with Crippen molar-refractivity contribution < 1.29 is 14.8 Å². The first-order valence-corrected chi connectivity index (χ1v) is 7.73. The van der Waals surface area contributed by atoms with Gasteiger partial charge < -0.3 is 10.2 Å². The summed E-state index contributed by atoms with van der Waals surface area (Å²) in [5, 5.41) is 11.4. The van der Waals surface area contributed by atoms with Crippen LogP contribution in [0.15, 0.2) is 30.3 Å². The first-order valence-electron chi connectivity index (χ1n) is 7.73. The fourth-order valence-corrected chi connectivity index (χ4v) is 2.82. The average Bonchev–Trinajstić information content (AvgIpc) is 2.56. The Labute approximate surface area is 130 Å². The standard InChI is InChI=1S/C16H23N3O3/c20-15(18-22)10-4-6-13-7-5-11-19(12-13)16(21)17-14-8-2-1-3-9-14/h1-3,8-9,13,22H,4-7,10-12H2,(H,17,21)(H,18,20). The van der Waals surface area contributed by atoms with Crippen LogP contribution < -0.4 is 10.8 Å². The summed E-state index contributed by atoms with van der Waals surface area (Å²) in [5.41, 5.74) is 2.44. The van der Waals surface area contributed by atoms with Gasteiger partial charge in [0.2, 0.25) is 5.91 Å². The molecule has 0 saturated carbocycles. The zero-order valence-electron chi connectivity index (χ0n) is 12.6. The van der Waals surface area contributed by atoms with Gasteiger partial charge in [-0.05, 0) is 43.7 Å². The first-order chi connectivity index (χ1) is 10.7. The fraction of sp³-hybridized carbons (Fsp3) is 0.500. The summed E-state index contributed by atoms with van der Waals surface area (Å²) in [6, 6.07) is 9.36. The number of likely N-dealkylation sites (tertiary alicyclic amines) is 1. The Bertz CT molecular complexity index is 493. The number of nitrogens with one attached hydrogen (secondary N) is 2. The lowest BCUT2D eigenvalue weighted by molar-refractivity contribution is -0.129. The van der Waals surface area contributed by atoms with Gasteiger partial charge in [-0.25, -0.2) is 10.3 Å². The Kier molecular flexibility index (Phi) is 6.21. The number of urea groups is 1. The molecule has 1 aromatic rings. The SMILES string of the molecule is O=C(CCCC1CCCN(C(=O)Nc2ccccc2)C1)NO. The normalized spacial score (nSPS) is 17.9. The van der Waals surface area contributed by atoms with E-state index in [2.05, 4.69) is 5.32 Å². The topological polar surface area (TPSA) is 81.7 Å². The van der Waals surface area contributed by atoms with Crippen molar-refractivity contribution in [3.05, 3.63) is 30.3 Å². The predicted molar refractivity (Wildman–Crippen MR) is 83.5 cm³/mol. The predicted octanol–water partition coefficient (Wildman–Crippen LogP) is 2.61. The maximum absolute atomic E-state index is 12.3. The van der Waals surface area contributed by atoms with Crippen LogP contribution in [0.1, 0.15) is 32.1 Å². The molecule has 1 aliphatic rings. The third kappa shape index (κ3) is 5.04. The van der Waals surface area contributed by atoms with Crippen LogP contribution in [0, 0.1) is 5.92 Å². The van der Waals surface area contributed by atoms with E-state index in [9.17, 15) is 9.59 Å². The van der Waals surface area contributed by atoms with Crippen LogP contribution in [0.4, 0.5) is 10.5 Å². The molecule has 0 bridgehead atoms. The van der Waals surface area contributed by atoms with Crippen molar-refractivity contribution in [2.45, 2.75) is 32.1 Å². The van der Waals surface area contributed by atoms with E-state index in [-0.39, 0.29) is 11.9 Å². The second-order valence-electron chi connectivity index (χ2n) is 5.68. The molecule has 1 heterocycles. The van der Waals surface area contributed by atoms with E-state index in [4.69, 9.17) is 5.21 Å². The number of anilines is 1. The summed E-state index contributed by atoms with van der Waals surface area (Å²) in [6.07, 6.45) is 4.01. The molecule has 22 heavy (non-hydrogen) atoms. The monoisotopic (exact) mass is 305 g/mol. The van der Waals surface area contributed by atoms with Gasteiger partial charge in [0.15, 0.2) is 0 Å². The maximum atomic E-state index is 12.3. The van der Waals surface area contributed by atoms with Crippen LogP contribution >= 0.6 is 0 Å². The van der Waals surface area contributed by atoms with Gasteiger partial charge in [-0.1, -0.05) is 18.2 Å². The summed E-state index contributed by atoms with van der Waals surface area (Å²) in [7, 11) is 0. The highest BCUT2D eigenvalue weighted by atomic mass is 16.5. The molecule has 1 atom stereocenters. The van der Waals surface area contributed by atoms with Crippen molar-refractivity contribution in [1.29, 1.82) is 0 Å². The van der Waals surface area contributed by atoms with E-state index < -0.39 is 0 Å². The van der Waals surface area contributed by atoms with Crippen molar-refractivity contribution in [1.82, 2.24) is 10.4 Å². The van der Waals surface area contributed by atoms with Crippen LogP contribution in [-0.2, 0) is 4.79 Å².